The summed E-state index contributed by atoms with van der Waals surface area (Å²) in [6, 6.07) is 3.24. The summed E-state index contributed by atoms with van der Waals surface area (Å²) in [5.41, 5.74) is -0.690. The molecule has 1 N–H and O–H groups in total. The second-order valence-electron chi connectivity index (χ2n) is 6.29. The number of nitrogens with zero attached hydrogens (tertiary/aromatic N) is 1. The molecule has 0 radical (unpaired) electrons. The third kappa shape index (κ3) is 3.47. The van der Waals surface area contributed by atoms with Gasteiger partial charge in [0.2, 0.25) is 5.75 Å². The van der Waals surface area contributed by atoms with Gasteiger partial charge >= 0.3 is 5.97 Å². The minimum absolute atomic E-state index is 0.130. The summed E-state index contributed by atoms with van der Waals surface area (Å²) in [4.78, 5) is 26.5. The molecule has 1 aliphatic rings. The Balaban J connectivity index is 2.39. The Labute approximate surface area is 153 Å². The largest absolute Gasteiger partial charge is 0.493 e. The number of carbonyl (C=O) groups is 2. The Morgan fingerprint density at radius 2 is 1.92 bits per heavy atom. The average Bonchev–Trinajstić information content (AvgIpc) is 2.66. The van der Waals surface area contributed by atoms with Crippen molar-refractivity contribution in [3.05, 3.63) is 30.4 Å². The van der Waals surface area contributed by atoms with Crippen LogP contribution in [0.2, 0.25) is 0 Å². The van der Waals surface area contributed by atoms with E-state index in [1.807, 2.05) is 0 Å². The van der Waals surface area contributed by atoms with Gasteiger partial charge in [-0.25, -0.2) is 0 Å². The first kappa shape index (κ1) is 19.6. The maximum Gasteiger partial charge on any atom is 0.311 e. The van der Waals surface area contributed by atoms with Gasteiger partial charge in [-0.15, -0.1) is 6.58 Å². The zero-order valence-electron chi connectivity index (χ0n) is 15.4. The van der Waals surface area contributed by atoms with Gasteiger partial charge in [-0.1, -0.05) is 6.08 Å². The number of hydrogen-bond acceptors (Lipinski definition) is 5. The van der Waals surface area contributed by atoms with E-state index in [1.54, 1.807) is 23.1 Å². The highest BCUT2D eigenvalue weighted by Crippen LogP contribution is 2.41. The van der Waals surface area contributed by atoms with Crippen LogP contribution in [0.1, 0.15) is 29.6 Å². The third-order valence-corrected chi connectivity index (χ3v) is 4.79. The fourth-order valence-electron chi connectivity index (χ4n) is 3.45. The van der Waals surface area contributed by atoms with Gasteiger partial charge in [0.05, 0.1) is 32.3 Å². The molecule has 0 bridgehead atoms. The lowest BCUT2D eigenvalue weighted by molar-refractivity contribution is -0.151. The summed E-state index contributed by atoms with van der Waals surface area (Å²) in [5, 5.41) is 9.69. The van der Waals surface area contributed by atoms with Gasteiger partial charge in [0, 0.05) is 13.1 Å². The Bertz CT molecular complexity index is 702. The second kappa shape index (κ2) is 8.12. The van der Waals surface area contributed by atoms with Crippen molar-refractivity contribution in [2.24, 2.45) is 5.41 Å². The molecule has 1 saturated heterocycles. The molecular formula is C19H25NO6. The molecule has 1 unspecified atom stereocenters. The molecule has 1 amide bonds. The van der Waals surface area contributed by atoms with Crippen molar-refractivity contribution in [1.82, 2.24) is 4.90 Å². The van der Waals surface area contributed by atoms with Crippen LogP contribution >= 0.6 is 0 Å². The first-order valence-electron chi connectivity index (χ1n) is 8.36. The standard InChI is InChI=1S/C19H25NO6/c1-5-9-19(18(22)23)10-6-11-20(12-19)17(21)13-7-8-14(24-2)16(26-4)15(13)25-3/h5,7-8H,1,6,9-12H2,2-4H3,(H,22,23). The van der Waals surface area contributed by atoms with E-state index in [1.165, 1.54) is 21.3 Å². The number of ether oxygens (including phenoxy) is 3. The molecule has 0 saturated carbocycles. The summed E-state index contributed by atoms with van der Waals surface area (Å²) >= 11 is 0. The van der Waals surface area contributed by atoms with E-state index in [9.17, 15) is 14.7 Å². The second-order valence-corrected chi connectivity index (χ2v) is 6.29. The molecule has 26 heavy (non-hydrogen) atoms. The third-order valence-electron chi connectivity index (χ3n) is 4.79. The van der Waals surface area contributed by atoms with Gasteiger partial charge in [-0.05, 0) is 31.4 Å². The first-order chi connectivity index (χ1) is 12.4. The molecular weight excluding hydrogens is 338 g/mol. The van der Waals surface area contributed by atoms with Crippen molar-refractivity contribution in [3.63, 3.8) is 0 Å². The highest BCUT2D eigenvalue weighted by atomic mass is 16.5. The van der Waals surface area contributed by atoms with Gasteiger partial charge in [-0.2, -0.15) is 0 Å². The number of aliphatic carboxylic acids is 1. The molecule has 0 spiro atoms. The summed E-state index contributed by atoms with van der Waals surface area (Å²) in [6.45, 7) is 4.28. The van der Waals surface area contributed by atoms with Crippen molar-refractivity contribution in [2.45, 2.75) is 19.3 Å². The van der Waals surface area contributed by atoms with Gasteiger partial charge in [0.15, 0.2) is 11.5 Å². The molecule has 1 fully saturated rings. The van der Waals surface area contributed by atoms with Crippen LogP contribution in [0, 0.1) is 5.41 Å². The molecule has 1 heterocycles. The van der Waals surface area contributed by atoms with Gasteiger partial charge in [0.1, 0.15) is 0 Å². The number of likely N-dealkylation sites (tertiary alicyclic amines) is 1. The maximum atomic E-state index is 13.1. The van der Waals surface area contributed by atoms with Crippen molar-refractivity contribution < 1.29 is 28.9 Å². The molecule has 7 nitrogen and oxygen atoms in total. The van der Waals surface area contributed by atoms with Crippen LogP contribution in [-0.2, 0) is 4.79 Å². The zero-order chi connectivity index (χ0) is 19.3. The number of carbonyl (C=O) groups excluding carboxylic acids is 1. The van der Waals surface area contributed by atoms with E-state index in [4.69, 9.17) is 14.2 Å². The maximum absolute atomic E-state index is 13.1. The van der Waals surface area contributed by atoms with E-state index in [0.717, 1.165) is 0 Å². The quantitative estimate of drug-likeness (QED) is 0.750. The highest BCUT2D eigenvalue weighted by Gasteiger charge is 2.43. The van der Waals surface area contributed by atoms with Crippen molar-refractivity contribution in [2.75, 3.05) is 34.4 Å². The first-order valence-corrected chi connectivity index (χ1v) is 8.36. The summed E-state index contributed by atoms with van der Waals surface area (Å²) in [5.74, 6) is -0.155. The number of amides is 1. The molecule has 1 atom stereocenters. The molecule has 1 aromatic rings. The lowest BCUT2D eigenvalue weighted by atomic mass is 9.77. The van der Waals surface area contributed by atoms with Crippen LogP contribution in [0.4, 0.5) is 0 Å². The molecule has 0 aliphatic carbocycles. The van der Waals surface area contributed by atoms with Gasteiger partial charge < -0.3 is 24.2 Å². The molecule has 0 aromatic heterocycles. The Morgan fingerprint density at radius 3 is 2.46 bits per heavy atom. The number of methoxy groups -OCH3 is 3. The molecule has 1 aliphatic heterocycles. The smallest absolute Gasteiger partial charge is 0.311 e. The monoisotopic (exact) mass is 363 g/mol. The fourth-order valence-corrected chi connectivity index (χ4v) is 3.45. The van der Waals surface area contributed by atoms with E-state index in [-0.39, 0.29) is 18.2 Å². The van der Waals surface area contributed by atoms with Crippen LogP contribution < -0.4 is 14.2 Å². The Hall–Kier alpha value is -2.70. The number of benzene rings is 1. The van der Waals surface area contributed by atoms with E-state index < -0.39 is 11.4 Å². The van der Waals surface area contributed by atoms with E-state index >= 15 is 0 Å². The zero-order valence-corrected chi connectivity index (χ0v) is 15.4. The van der Waals surface area contributed by atoms with Crippen LogP contribution in [0.3, 0.4) is 0 Å². The fraction of sp³-hybridized carbons (Fsp3) is 0.474. The van der Waals surface area contributed by atoms with E-state index in [2.05, 4.69) is 6.58 Å². The minimum atomic E-state index is -1.00. The summed E-state index contributed by atoms with van der Waals surface area (Å²) in [6.07, 6.45) is 3.04. The van der Waals surface area contributed by atoms with Crippen molar-refractivity contribution >= 4 is 11.9 Å². The number of hydrogen-bond donors (Lipinski definition) is 1. The van der Waals surface area contributed by atoms with Crippen LogP contribution in [0.5, 0.6) is 17.2 Å². The van der Waals surface area contributed by atoms with E-state index in [0.29, 0.717) is 42.9 Å². The molecule has 1 aromatic carbocycles. The lowest BCUT2D eigenvalue weighted by Crippen LogP contribution is -2.49. The number of piperidine rings is 1. The van der Waals surface area contributed by atoms with Gasteiger partial charge in [-0.3, -0.25) is 9.59 Å². The molecule has 7 heteroatoms. The van der Waals surface area contributed by atoms with Crippen LogP contribution in [0.25, 0.3) is 0 Å². The number of rotatable bonds is 7. The topological polar surface area (TPSA) is 85.3 Å². The number of carboxylic acids is 1. The predicted molar refractivity (Wildman–Crippen MR) is 96.1 cm³/mol. The average molecular weight is 363 g/mol. The SMILES string of the molecule is C=CCC1(C(=O)O)CCCN(C(=O)c2ccc(OC)c(OC)c2OC)C1. The van der Waals surface area contributed by atoms with Crippen LogP contribution in [-0.4, -0.2) is 56.3 Å². The van der Waals surface area contributed by atoms with Crippen molar-refractivity contribution in [3.8, 4) is 17.2 Å². The molecule has 2 rings (SSSR count). The Morgan fingerprint density at radius 1 is 1.23 bits per heavy atom. The lowest BCUT2D eigenvalue weighted by Gasteiger charge is -2.39. The number of allylic oxidation sites excluding steroid dienone is 1. The normalized spacial score (nSPS) is 19.6. The molecule has 142 valence electrons. The van der Waals surface area contributed by atoms with Gasteiger partial charge in [0.25, 0.3) is 5.91 Å². The minimum Gasteiger partial charge on any atom is -0.493 e. The van der Waals surface area contributed by atoms with Crippen molar-refractivity contribution in [1.29, 1.82) is 0 Å². The highest BCUT2D eigenvalue weighted by molar-refractivity contribution is 5.98. The Kier molecular flexibility index (Phi) is 6.13. The van der Waals surface area contributed by atoms with Crippen LogP contribution in [0.15, 0.2) is 24.8 Å². The summed E-state index contributed by atoms with van der Waals surface area (Å²) < 4.78 is 15.9. The number of carboxylic acid groups (broad SMARTS) is 1. The summed E-state index contributed by atoms with van der Waals surface area (Å²) in [7, 11) is 4.42. The predicted octanol–water partition coefficient (Wildman–Crippen LogP) is 2.60.